The van der Waals surface area contributed by atoms with Crippen LogP contribution >= 0.6 is 0 Å². The molecule has 0 saturated heterocycles. The molecule has 0 fully saturated rings. The van der Waals surface area contributed by atoms with Gasteiger partial charge in [-0.15, -0.1) is 0 Å². The Kier molecular flexibility index (Phi) is 5.16. The Bertz CT molecular complexity index is 467. The fourth-order valence-corrected chi connectivity index (χ4v) is 1.46. The van der Waals surface area contributed by atoms with Gasteiger partial charge < -0.3 is 25.3 Å². The number of primary amides is 1. The zero-order valence-corrected chi connectivity index (χ0v) is 10.5. The summed E-state index contributed by atoms with van der Waals surface area (Å²) in [6, 6.07) is 2.21. The fourth-order valence-electron chi connectivity index (χ4n) is 1.46. The van der Waals surface area contributed by atoms with Gasteiger partial charge in [0, 0.05) is 5.56 Å². The highest BCUT2D eigenvalue weighted by molar-refractivity contribution is 6.61. The van der Waals surface area contributed by atoms with Crippen molar-refractivity contribution in [3.8, 4) is 11.5 Å². The maximum Gasteiger partial charge on any atom is 0.496 e. The van der Waals surface area contributed by atoms with Crippen molar-refractivity contribution in [1.29, 1.82) is 0 Å². The molecule has 0 saturated carbocycles. The molecule has 1 aromatic rings. The second-order valence-corrected chi connectivity index (χ2v) is 3.45. The maximum absolute atomic E-state index is 10.5. The Morgan fingerprint density at radius 2 is 1.89 bits per heavy atom. The highest BCUT2D eigenvalue weighted by atomic mass is 16.5. The minimum atomic E-state index is -1.74. The largest absolute Gasteiger partial charge is 0.497 e. The van der Waals surface area contributed by atoms with Gasteiger partial charge in [0.1, 0.15) is 11.5 Å². The van der Waals surface area contributed by atoms with Crippen LogP contribution in [0.4, 0.5) is 4.79 Å². The molecule has 0 bridgehead atoms. The summed E-state index contributed by atoms with van der Waals surface area (Å²) in [7, 11) is 1.02. The summed E-state index contributed by atoms with van der Waals surface area (Å²) in [5, 5.41) is 22.1. The Morgan fingerprint density at radius 3 is 2.26 bits per heavy atom. The van der Waals surface area contributed by atoms with Crippen LogP contribution in [0.3, 0.4) is 0 Å². The quantitative estimate of drug-likeness (QED) is 0.290. The Hall–Kier alpha value is -2.26. The van der Waals surface area contributed by atoms with E-state index in [0.29, 0.717) is 5.56 Å². The number of nitrogens with zero attached hydrogens (tertiary/aromatic N) is 1. The summed E-state index contributed by atoms with van der Waals surface area (Å²) in [6.07, 6.45) is 1.31. The van der Waals surface area contributed by atoms with Crippen LogP contribution in [0, 0.1) is 0 Å². The number of carbonyl (C=O) groups excluding carboxylic acids is 1. The number of ether oxygens (including phenoxy) is 2. The number of nitrogens with one attached hydrogen (secondary N) is 1. The van der Waals surface area contributed by atoms with Crippen molar-refractivity contribution in [1.82, 2.24) is 5.43 Å². The Labute approximate surface area is 110 Å². The lowest BCUT2D eigenvalue weighted by Crippen LogP contribution is -2.32. The summed E-state index contributed by atoms with van der Waals surface area (Å²) in [5.41, 5.74) is 7.51. The standard InChI is InChI=1S/C10H14BN3O5/c1-18-7-3-6(5-13-14-10(12)15)4-8(19-2)9(7)11(16)17/h3-5,16-17H,1-2H3,(H3,12,14,15). The summed E-state index contributed by atoms with van der Waals surface area (Å²) in [5.74, 6) is 0.435. The fraction of sp³-hybridized carbons (Fsp3) is 0.200. The number of benzene rings is 1. The third-order valence-corrected chi connectivity index (χ3v) is 2.21. The molecule has 0 unspecified atom stereocenters. The molecular weight excluding hydrogens is 253 g/mol. The van der Waals surface area contributed by atoms with Gasteiger partial charge in [-0.1, -0.05) is 0 Å². The number of nitrogens with two attached hydrogens (primary N) is 1. The lowest BCUT2D eigenvalue weighted by atomic mass is 9.78. The van der Waals surface area contributed by atoms with Gasteiger partial charge in [-0.2, -0.15) is 5.10 Å². The molecule has 0 atom stereocenters. The lowest BCUT2D eigenvalue weighted by molar-refractivity contribution is 0.249. The Balaban J connectivity index is 3.16. The number of hydrazone groups is 1. The van der Waals surface area contributed by atoms with Gasteiger partial charge in [0.05, 0.1) is 25.9 Å². The minimum absolute atomic E-state index is 0.102. The molecule has 2 amide bonds. The van der Waals surface area contributed by atoms with E-state index < -0.39 is 13.1 Å². The van der Waals surface area contributed by atoms with E-state index in [1.54, 1.807) is 0 Å². The number of urea groups is 1. The first-order valence-corrected chi connectivity index (χ1v) is 5.20. The maximum atomic E-state index is 10.5. The number of amides is 2. The molecular formula is C10H14BN3O5. The second-order valence-electron chi connectivity index (χ2n) is 3.45. The molecule has 0 heterocycles. The molecule has 0 aromatic heterocycles. The van der Waals surface area contributed by atoms with Gasteiger partial charge in [0.2, 0.25) is 0 Å². The molecule has 0 spiro atoms. The van der Waals surface area contributed by atoms with Gasteiger partial charge in [0.15, 0.2) is 0 Å². The third kappa shape index (κ3) is 3.86. The van der Waals surface area contributed by atoms with Crippen LogP contribution in [-0.4, -0.2) is 43.6 Å². The van der Waals surface area contributed by atoms with Gasteiger partial charge in [0.25, 0.3) is 0 Å². The molecule has 0 radical (unpaired) electrons. The van der Waals surface area contributed by atoms with Crippen LogP contribution in [-0.2, 0) is 0 Å². The lowest BCUT2D eigenvalue weighted by Gasteiger charge is -2.13. The zero-order chi connectivity index (χ0) is 14.4. The highest BCUT2D eigenvalue weighted by Gasteiger charge is 2.23. The van der Waals surface area contributed by atoms with E-state index in [9.17, 15) is 14.8 Å². The van der Waals surface area contributed by atoms with Crippen LogP contribution in [0.5, 0.6) is 11.5 Å². The van der Waals surface area contributed by atoms with E-state index in [2.05, 4.69) is 5.10 Å². The first-order valence-electron chi connectivity index (χ1n) is 5.20. The summed E-state index contributed by atoms with van der Waals surface area (Å²) < 4.78 is 10.1. The topological polar surface area (TPSA) is 126 Å². The van der Waals surface area contributed by atoms with Gasteiger partial charge in [-0.3, -0.25) is 0 Å². The molecule has 1 rings (SSSR count). The molecule has 19 heavy (non-hydrogen) atoms. The van der Waals surface area contributed by atoms with Crippen LogP contribution in [0.1, 0.15) is 5.56 Å². The first kappa shape index (κ1) is 14.8. The highest BCUT2D eigenvalue weighted by Crippen LogP contribution is 2.19. The molecule has 9 heteroatoms. The average molecular weight is 267 g/mol. The van der Waals surface area contributed by atoms with E-state index in [-0.39, 0.29) is 17.0 Å². The Morgan fingerprint density at radius 1 is 1.37 bits per heavy atom. The van der Waals surface area contributed by atoms with E-state index >= 15 is 0 Å². The molecule has 102 valence electrons. The number of carbonyl (C=O) groups is 1. The smallest absolute Gasteiger partial charge is 0.496 e. The van der Waals surface area contributed by atoms with Crippen molar-refractivity contribution in [3.63, 3.8) is 0 Å². The minimum Gasteiger partial charge on any atom is -0.497 e. The van der Waals surface area contributed by atoms with Crippen LogP contribution in [0.15, 0.2) is 17.2 Å². The number of hydrogen-bond acceptors (Lipinski definition) is 6. The van der Waals surface area contributed by atoms with E-state index in [1.807, 2.05) is 5.43 Å². The zero-order valence-electron chi connectivity index (χ0n) is 10.5. The molecule has 1 aromatic carbocycles. The van der Waals surface area contributed by atoms with Gasteiger partial charge in [-0.25, -0.2) is 10.2 Å². The van der Waals surface area contributed by atoms with Crippen molar-refractivity contribution in [2.24, 2.45) is 10.8 Å². The average Bonchev–Trinajstić information content (AvgIpc) is 2.36. The predicted octanol–water partition coefficient (Wildman–Crippen LogP) is -1.61. The normalized spacial score (nSPS) is 10.3. The van der Waals surface area contributed by atoms with E-state index in [0.717, 1.165) is 0 Å². The molecule has 0 aliphatic heterocycles. The van der Waals surface area contributed by atoms with Crippen molar-refractivity contribution in [2.45, 2.75) is 0 Å². The molecule has 8 nitrogen and oxygen atoms in total. The molecule has 0 aliphatic carbocycles. The number of hydrogen-bond donors (Lipinski definition) is 4. The monoisotopic (exact) mass is 267 g/mol. The van der Waals surface area contributed by atoms with Crippen molar-refractivity contribution < 1.29 is 24.3 Å². The summed E-state index contributed by atoms with van der Waals surface area (Å²) in [4.78, 5) is 10.5. The van der Waals surface area contributed by atoms with E-state index in [1.165, 1.54) is 32.6 Å². The SMILES string of the molecule is COc1cc(C=NNC(N)=O)cc(OC)c1B(O)O. The number of rotatable bonds is 5. The van der Waals surface area contributed by atoms with Crippen LogP contribution in [0.25, 0.3) is 0 Å². The summed E-state index contributed by atoms with van der Waals surface area (Å²) >= 11 is 0. The summed E-state index contributed by atoms with van der Waals surface area (Å²) in [6.45, 7) is 0. The van der Waals surface area contributed by atoms with Crippen molar-refractivity contribution in [3.05, 3.63) is 17.7 Å². The second kappa shape index (κ2) is 6.62. The predicted molar refractivity (Wildman–Crippen MR) is 69.7 cm³/mol. The van der Waals surface area contributed by atoms with Crippen molar-refractivity contribution in [2.75, 3.05) is 14.2 Å². The van der Waals surface area contributed by atoms with Crippen LogP contribution < -0.4 is 26.1 Å². The van der Waals surface area contributed by atoms with Crippen molar-refractivity contribution >= 4 is 24.8 Å². The first-order chi connectivity index (χ1) is 8.99. The number of methoxy groups -OCH3 is 2. The van der Waals surface area contributed by atoms with Crippen LogP contribution in [0.2, 0.25) is 0 Å². The third-order valence-electron chi connectivity index (χ3n) is 2.21. The molecule has 0 aliphatic rings. The van der Waals surface area contributed by atoms with E-state index in [4.69, 9.17) is 15.2 Å². The molecule has 5 N–H and O–H groups in total. The van der Waals surface area contributed by atoms with Gasteiger partial charge in [-0.05, 0) is 12.1 Å². The van der Waals surface area contributed by atoms with Gasteiger partial charge >= 0.3 is 13.1 Å².